The number of aromatic amines is 1. The van der Waals surface area contributed by atoms with E-state index in [9.17, 15) is 0 Å². The van der Waals surface area contributed by atoms with Gasteiger partial charge in [0, 0.05) is 32.7 Å². The van der Waals surface area contributed by atoms with E-state index >= 15 is 0 Å². The minimum atomic E-state index is -0.104. The summed E-state index contributed by atoms with van der Waals surface area (Å²) in [7, 11) is 0. The number of rotatable bonds is 1. The molecule has 1 aliphatic rings. The lowest BCUT2D eigenvalue weighted by molar-refractivity contribution is 0.740. The Balaban J connectivity index is 2.35. The Kier molecular flexibility index (Phi) is 1.71. The van der Waals surface area contributed by atoms with Gasteiger partial charge in [0.15, 0.2) is 0 Å². The van der Waals surface area contributed by atoms with Crippen LogP contribution in [0.15, 0.2) is 18.2 Å². The predicted octanol–water partition coefficient (Wildman–Crippen LogP) is 3.08. The molecular formula is C12H13ClN2. The summed E-state index contributed by atoms with van der Waals surface area (Å²) in [6, 6.07) is 5.92. The van der Waals surface area contributed by atoms with Crippen molar-refractivity contribution in [1.82, 2.24) is 4.98 Å². The highest BCUT2D eigenvalue weighted by molar-refractivity contribution is 6.31. The van der Waals surface area contributed by atoms with Crippen molar-refractivity contribution in [1.29, 1.82) is 0 Å². The van der Waals surface area contributed by atoms with Crippen LogP contribution in [0.2, 0.25) is 5.02 Å². The SMILES string of the molecule is Cc1[nH]c2ccc(Cl)cc2c1C1(N)CC1. The summed E-state index contributed by atoms with van der Waals surface area (Å²) in [5, 5.41) is 1.95. The molecule has 0 spiro atoms. The van der Waals surface area contributed by atoms with Gasteiger partial charge in [-0.1, -0.05) is 11.6 Å². The van der Waals surface area contributed by atoms with Gasteiger partial charge in [0.25, 0.3) is 0 Å². The molecule has 1 saturated carbocycles. The molecule has 3 rings (SSSR count). The van der Waals surface area contributed by atoms with E-state index in [0.29, 0.717) is 0 Å². The van der Waals surface area contributed by atoms with E-state index < -0.39 is 0 Å². The van der Waals surface area contributed by atoms with Gasteiger partial charge in [0.05, 0.1) is 0 Å². The first-order valence-electron chi connectivity index (χ1n) is 5.17. The van der Waals surface area contributed by atoms with Gasteiger partial charge >= 0.3 is 0 Å². The second-order valence-electron chi connectivity index (χ2n) is 4.47. The number of aryl methyl sites for hydroxylation is 1. The highest BCUT2D eigenvalue weighted by atomic mass is 35.5. The summed E-state index contributed by atoms with van der Waals surface area (Å²) in [4.78, 5) is 3.36. The Morgan fingerprint density at radius 2 is 2.13 bits per heavy atom. The number of hydrogen-bond acceptors (Lipinski definition) is 1. The lowest BCUT2D eigenvalue weighted by Gasteiger charge is -2.08. The van der Waals surface area contributed by atoms with Crippen molar-refractivity contribution in [3.63, 3.8) is 0 Å². The fourth-order valence-electron chi connectivity index (χ4n) is 2.33. The molecule has 0 saturated heterocycles. The predicted molar refractivity (Wildman–Crippen MR) is 63.1 cm³/mol. The molecule has 0 aliphatic heterocycles. The van der Waals surface area contributed by atoms with E-state index in [4.69, 9.17) is 17.3 Å². The first-order chi connectivity index (χ1) is 7.10. The average molecular weight is 221 g/mol. The van der Waals surface area contributed by atoms with Crippen LogP contribution in [0.5, 0.6) is 0 Å². The van der Waals surface area contributed by atoms with Crippen LogP contribution < -0.4 is 5.73 Å². The van der Waals surface area contributed by atoms with Crippen molar-refractivity contribution in [3.8, 4) is 0 Å². The second kappa shape index (κ2) is 2.77. The number of hydrogen-bond donors (Lipinski definition) is 2. The number of benzene rings is 1. The van der Waals surface area contributed by atoms with Gasteiger partial charge in [-0.2, -0.15) is 0 Å². The zero-order valence-electron chi connectivity index (χ0n) is 8.60. The van der Waals surface area contributed by atoms with E-state index in [0.717, 1.165) is 23.4 Å². The zero-order valence-corrected chi connectivity index (χ0v) is 9.36. The van der Waals surface area contributed by atoms with Crippen LogP contribution in [-0.2, 0) is 5.54 Å². The van der Waals surface area contributed by atoms with Crippen LogP contribution >= 0.6 is 11.6 Å². The standard InChI is InChI=1S/C12H13ClN2/c1-7-11(12(14)4-5-12)9-6-8(13)2-3-10(9)15-7/h2-3,6,15H,4-5,14H2,1H3. The Bertz CT molecular complexity index is 538. The van der Waals surface area contributed by atoms with Crippen molar-refractivity contribution in [2.75, 3.05) is 0 Å². The van der Waals surface area contributed by atoms with Crippen LogP contribution in [0.1, 0.15) is 24.1 Å². The third-order valence-corrected chi connectivity index (χ3v) is 3.47. The third-order valence-electron chi connectivity index (χ3n) is 3.23. The molecule has 2 nitrogen and oxygen atoms in total. The molecule has 1 aromatic heterocycles. The number of aromatic nitrogens is 1. The van der Waals surface area contributed by atoms with Crippen molar-refractivity contribution >= 4 is 22.5 Å². The summed E-state index contributed by atoms with van der Waals surface area (Å²) in [5.74, 6) is 0. The molecule has 0 bridgehead atoms. The minimum absolute atomic E-state index is 0.104. The van der Waals surface area contributed by atoms with E-state index in [1.165, 1.54) is 16.6 Å². The fraction of sp³-hybridized carbons (Fsp3) is 0.333. The number of H-pyrrole nitrogens is 1. The molecule has 15 heavy (non-hydrogen) atoms. The van der Waals surface area contributed by atoms with Gasteiger partial charge in [0.1, 0.15) is 0 Å². The van der Waals surface area contributed by atoms with Crippen LogP contribution in [0, 0.1) is 6.92 Å². The van der Waals surface area contributed by atoms with Gasteiger partial charge in [-0.15, -0.1) is 0 Å². The lowest BCUT2D eigenvalue weighted by Crippen LogP contribution is -2.19. The number of nitrogens with one attached hydrogen (secondary N) is 1. The summed E-state index contributed by atoms with van der Waals surface area (Å²) >= 11 is 6.02. The molecule has 3 N–H and O–H groups in total. The fourth-order valence-corrected chi connectivity index (χ4v) is 2.50. The zero-order chi connectivity index (χ0) is 10.6. The number of nitrogens with two attached hydrogens (primary N) is 1. The maximum atomic E-state index is 6.27. The molecule has 1 heterocycles. The summed E-state index contributed by atoms with van der Waals surface area (Å²) in [6.07, 6.45) is 2.15. The lowest BCUT2D eigenvalue weighted by atomic mass is 10.0. The largest absolute Gasteiger partial charge is 0.358 e. The van der Waals surface area contributed by atoms with Gasteiger partial charge in [0.2, 0.25) is 0 Å². The number of fused-ring (bicyclic) bond motifs is 1. The molecule has 0 unspecified atom stereocenters. The third kappa shape index (κ3) is 1.29. The Hall–Kier alpha value is -0.990. The number of halogens is 1. The maximum Gasteiger partial charge on any atom is 0.0460 e. The first-order valence-corrected chi connectivity index (χ1v) is 5.55. The Labute approximate surface area is 93.4 Å². The average Bonchev–Trinajstić information content (AvgIpc) is 2.80. The van der Waals surface area contributed by atoms with Crippen LogP contribution in [0.3, 0.4) is 0 Å². The Morgan fingerprint density at radius 1 is 1.40 bits per heavy atom. The van der Waals surface area contributed by atoms with Gasteiger partial charge in [-0.25, -0.2) is 0 Å². The van der Waals surface area contributed by atoms with Crippen molar-refractivity contribution in [3.05, 3.63) is 34.5 Å². The molecule has 0 atom stereocenters. The summed E-state index contributed by atoms with van der Waals surface area (Å²) in [6.45, 7) is 2.08. The molecular weight excluding hydrogens is 208 g/mol. The van der Waals surface area contributed by atoms with Crippen LogP contribution in [0.4, 0.5) is 0 Å². The van der Waals surface area contributed by atoms with Gasteiger partial charge < -0.3 is 10.7 Å². The van der Waals surface area contributed by atoms with E-state index in [1.807, 2.05) is 18.2 Å². The molecule has 1 aromatic carbocycles. The normalized spacial score (nSPS) is 18.3. The van der Waals surface area contributed by atoms with Crippen LogP contribution in [0.25, 0.3) is 10.9 Å². The highest BCUT2D eigenvalue weighted by Gasteiger charge is 2.42. The van der Waals surface area contributed by atoms with Crippen molar-refractivity contribution < 1.29 is 0 Å². The first kappa shape index (κ1) is 9.25. The maximum absolute atomic E-state index is 6.27. The highest BCUT2D eigenvalue weighted by Crippen LogP contribution is 2.47. The molecule has 0 amide bonds. The minimum Gasteiger partial charge on any atom is -0.358 e. The quantitative estimate of drug-likeness (QED) is 0.762. The van der Waals surface area contributed by atoms with E-state index in [-0.39, 0.29) is 5.54 Å². The molecule has 1 aliphatic carbocycles. The molecule has 0 radical (unpaired) electrons. The van der Waals surface area contributed by atoms with Crippen LogP contribution in [-0.4, -0.2) is 4.98 Å². The molecule has 78 valence electrons. The van der Waals surface area contributed by atoms with Crippen molar-refractivity contribution in [2.45, 2.75) is 25.3 Å². The molecule has 2 aromatic rings. The van der Waals surface area contributed by atoms with Gasteiger partial charge in [-0.3, -0.25) is 0 Å². The smallest absolute Gasteiger partial charge is 0.0460 e. The Morgan fingerprint density at radius 3 is 2.80 bits per heavy atom. The molecule has 1 fully saturated rings. The monoisotopic (exact) mass is 220 g/mol. The summed E-state index contributed by atoms with van der Waals surface area (Å²) in [5.41, 5.74) is 9.71. The van der Waals surface area contributed by atoms with E-state index in [2.05, 4.69) is 11.9 Å². The molecule has 3 heteroatoms. The topological polar surface area (TPSA) is 41.8 Å². The van der Waals surface area contributed by atoms with Crippen molar-refractivity contribution in [2.24, 2.45) is 5.73 Å². The van der Waals surface area contributed by atoms with E-state index in [1.54, 1.807) is 0 Å². The summed E-state index contributed by atoms with van der Waals surface area (Å²) < 4.78 is 0. The van der Waals surface area contributed by atoms with Gasteiger partial charge in [-0.05, 0) is 38.0 Å². The second-order valence-corrected chi connectivity index (χ2v) is 4.91.